The van der Waals surface area contributed by atoms with E-state index in [0.29, 0.717) is 30.0 Å². The summed E-state index contributed by atoms with van der Waals surface area (Å²) in [5, 5.41) is 27.6. The average molecular weight is 755 g/mol. The van der Waals surface area contributed by atoms with Crippen molar-refractivity contribution in [2.24, 2.45) is 5.92 Å². The van der Waals surface area contributed by atoms with Gasteiger partial charge in [-0.1, -0.05) is 91.1 Å². The first kappa shape index (κ1) is 36.4. The number of ether oxygens (including phenoxy) is 2. The molecule has 0 saturated carbocycles. The van der Waals surface area contributed by atoms with Crippen LogP contribution in [0.3, 0.4) is 0 Å². The molecule has 0 aliphatic carbocycles. The number of hydrogen-bond acceptors (Lipinski definition) is 7. The minimum atomic E-state index is -2.36. The Bertz CT molecular complexity index is 2340. The number of methoxy groups -OCH3 is 1. The summed E-state index contributed by atoms with van der Waals surface area (Å²) >= 11 is 0. The van der Waals surface area contributed by atoms with Crippen molar-refractivity contribution in [2.75, 3.05) is 24.4 Å². The number of nitrogens with one attached hydrogen (secondary N) is 3. The molecule has 4 aromatic carbocycles. The van der Waals surface area contributed by atoms with Crippen molar-refractivity contribution in [2.45, 2.75) is 62.6 Å². The predicted molar refractivity (Wildman–Crippen MR) is 215 cm³/mol. The summed E-state index contributed by atoms with van der Waals surface area (Å²) in [4.78, 5) is 31.0. The number of benzene rings is 4. The highest BCUT2D eigenvalue weighted by Gasteiger charge is 2.64. The number of carbonyl (C=O) groups excluding carboxylic acids is 2. The van der Waals surface area contributed by atoms with Gasteiger partial charge in [0.05, 0.1) is 45.9 Å². The molecule has 0 bridgehead atoms. The van der Waals surface area contributed by atoms with Crippen LogP contribution < -0.4 is 20.6 Å². The highest BCUT2D eigenvalue weighted by atomic mass is 28.3. The third-order valence-corrected chi connectivity index (χ3v) is 16.2. The van der Waals surface area contributed by atoms with Crippen LogP contribution >= 0.6 is 0 Å². The topological polar surface area (TPSA) is 143 Å². The molecule has 6 aromatic rings. The summed E-state index contributed by atoms with van der Waals surface area (Å²) in [6.07, 6.45) is 4.26. The van der Waals surface area contributed by atoms with E-state index in [2.05, 4.69) is 58.1 Å². The van der Waals surface area contributed by atoms with Crippen LogP contribution in [0.15, 0.2) is 109 Å². The van der Waals surface area contributed by atoms with Crippen LogP contribution in [-0.2, 0) is 32.9 Å². The smallest absolute Gasteiger partial charge is 0.261 e. The van der Waals surface area contributed by atoms with Crippen LogP contribution in [0.5, 0.6) is 5.75 Å². The van der Waals surface area contributed by atoms with Gasteiger partial charge in [-0.3, -0.25) is 14.3 Å². The van der Waals surface area contributed by atoms with Crippen LogP contribution in [-0.4, -0.2) is 64.8 Å². The third-order valence-electron chi connectivity index (χ3n) is 11.8. The lowest BCUT2D eigenvalue weighted by Gasteiger charge is -2.37. The van der Waals surface area contributed by atoms with Gasteiger partial charge in [-0.15, -0.1) is 5.10 Å². The number of para-hydroxylation sites is 1. The van der Waals surface area contributed by atoms with Crippen molar-refractivity contribution in [1.82, 2.24) is 20.0 Å². The van der Waals surface area contributed by atoms with E-state index >= 15 is 0 Å². The summed E-state index contributed by atoms with van der Waals surface area (Å²) in [5.74, 6) is -0.0443. The number of anilines is 2. The molecule has 5 atom stereocenters. The molecule has 2 aliphatic rings. The van der Waals surface area contributed by atoms with E-state index in [1.165, 1.54) is 5.19 Å². The predicted octanol–water partition coefficient (Wildman–Crippen LogP) is 6.33. The molecule has 1 saturated heterocycles. The number of aliphatic hydroxyl groups excluding tert-OH is 1. The lowest BCUT2D eigenvalue weighted by molar-refractivity contribution is -0.143. The summed E-state index contributed by atoms with van der Waals surface area (Å²) in [5.41, 5.74) is 4.35. The van der Waals surface area contributed by atoms with E-state index < -0.39 is 13.7 Å². The van der Waals surface area contributed by atoms with Crippen molar-refractivity contribution in [3.63, 3.8) is 0 Å². The monoisotopic (exact) mass is 754 g/mol. The molecule has 0 radical (unpaired) electrons. The zero-order valence-electron chi connectivity index (χ0n) is 31.5. The largest absolute Gasteiger partial charge is 0.497 e. The number of H-pyrrole nitrogens is 1. The standard InChI is InChI=1S/C43H46N6O5Si/c1-27-41(55(3,4)32-17-15-31(53-2)16-18-32)39(20-21-49-25-38(47-48-49)34(26-50)28-10-6-5-7-11-28)54-43(27)35-23-30(14-19-37(35)46-42(43)52)45-40(51)22-29-24-44-36-13-9-8-12-33(29)36/h5-19,23-25,27,34,39,41,44,50H,20-22,26H2,1-4H3,(H,45,51)(H,46,52)/t27-,34?,39+,41-,43+/m0/s1. The van der Waals surface area contributed by atoms with Crippen LogP contribution in [0.4, 0.5) is 11.4 Å². The van der Waals surface area contributed by atoms with Crippen molar-refractivity contribution >= 4 is 47.4 Å². The van der Waals surface area contributed by atoms with Gasteiger partial charge >= 0.3 is 0 Å². The molecule has 1 unspecified atom stereocenters. The zero-order chi connectivity index (χ0) is 38.3. The minimum absolute atomic E-state index is 0.0233. The molecule has 11 nitrogen and oxygen atoms in total. The second-order valence-electron chi connectivity index (χ2n) is 15.3. The molecular formula is C43H46N6O5Si. The van der Waals surface area contributed by atoms with Gasteiger partial charge in [0.2, 0.25) is 5.91 Å². The Morgan fingerprint density at radius 2 is 1.82 bits per heavy atom. The maximum Gasteiger partial charge on any atom is 0.261 e. The van der Waals surface area contributed by atoms with Gasteiger partial charge in [0.1, 0.15) is 5.75 Å². The maximum atomic E-state index is 14.3. The Morgan fingerprint density at radius 1 is 1.05 bits per heavy atom. The molecule has 2 aromatic heterocycles. The number of amides is 2. The zero-order valence-corrected chi connectivity index (χ0v) is 32.5. The second kappa shape index (κ2) is 14.6. The molecule has 1 spiro atoms. The van der Waals surface area contributed by atoms with E-state index in [-0.39, 0.29) is 48.3 Å². The lowest BCUT2D eigenvalue weighted by atomic mass is 9.82. The van der Waals surface area contributed by atoms with Crippen LogP contribution in [0.1, 0.15) is 41.6 Å². The number of fused-ring (bicyclic) bond motifs is 3. The van der Waals surface area contributed by atoms with E-state index in [1.54, 1.807) is 7.11 Å². The van der Waals surface area contributed by atoms with Gasteiger partial charge in [0, 0.05) is 52.7 Å². The quantitative estimate of drug-likeness (QED) is 0.107. The highest BCUT2D eigenvalue weighted by Crippen LogP contribution is 2.59. The number of carbonyl (C=O) groups is 2. The van der Waals surface area contributed by atoms with E-state index in [4.69, 9.17) is 9.47 Å². The van der Waals surface area contributed by atoms with Gasteiger partial charge in [0.15, 0.2) is 5.60 Å². The molecule has 12 heteroatoms. The fourth-order valence-electron chi connectivity index (χ4n) is 9.03. The summed E-state index contributed by atoms with van der Waals surface area (Å²) in [6.45, 7) is 7.26. The Kier molecular flexibility index (Phi) is 9.66. The fourth-order valence-corrected chi connectivity index (χ4v) is 13.1. The molecule has 55 heavy (non-hydrogen) atoms. The number of hydrogen-bond donors (Lipinski definition) is 4. The van der Waals surface area contributed by atoms with Crippen LogP contribution in [0, 0.1) is 5.92 Å². The second-order valence-corrected chi connectivity index (χ2v) is 20.0. The molecule has 2 amide bonds. The number of aromatic nitrogens is 4. The number of aryl methyl sites for hydroxylation is 1. The van der Waals surface area contributed by atoms with E-state index in [1.807, 2.05) is 102 Å². The molecule has 282 valence electrons. The summed E-state index contributed by atoms with van der Waals surface area (Å²) in [6, 6.07) is 31.6. The summed E-state index contributed by atoms with van der Waals surface area (Å²) in [7, 11) is -0.700. The molecular weight excluding hydrogens is 709 g/mol. The number of aromatic amines is 1. The van der Waals surface area contributed by atoms with Gasteiger partial charge < -0.3 is 30.2 Å². The third kappa shape index (κ3) is 6.53. The van der Waals surface area contributed by atoms with Crippen LogP contribution in [0.2, 0.25) is 18.6 Å². The minimum Gasteiger partial charge on any atom is -0.497 e. The first-order valence-corrected chi connectivity index (χ1v) is 21.9. The van der Waals surface area contributed by atoms with Crippen molar-refractivity contribution in [1.29, 1.82) is 0 Å². The normalized spacial score (nSPS) is 21.1. The number of aliphatic hydroxyl groups is 1. The van der Waals surface area contributed by atoms with Crippen molar-refractivity contribution in [3.05, 3.63) is 132 Å². The fraction of sp³-hybridized carbons (Fsp3) is 0.302. The Morgan fingerprint density at radius 3 is 2.58 bits per heavy atom. The van der Waals surface area contributed by atoms with E-state index in [9.17, 15) is 14.7 Å². The van der Waals surface area contributed by atoms with Gasteiger partial charge in [-0.25, -0.2) is 0 Å². The molecule has 2 aliphatic heterocycles. The Hall–Kier alpha value is -5.56. The molecule has 4 heterocycles. The molecule has 1 fully saturated rings. The van der Waals surface area contributed by atoms with Crippen LogP contribution in [0.25, 0.3) is 10.9 Å². The molecule has 4 N–H and O–H groups in total. The highest BCUT2D eigenvalue weighted by molar-refractivity contribution is 6.91. The number of nitrogens with zero attached hydrogens (tertiary/aromatic N) is 3. The maximum absolute atomic E-state index is 14.3. The Balaban J connectivity index is 1.09. The van der Waals surface area contributed by atoms with E-state index in [0.717, 1.165) is 33.3 Å². The van der Waals surface area contributed by atoms with Gasteiger partial charge in [-0.05, 0) is 59.5 Å². The number of rotatable bonds is 12. The molecule has 8 rings (SSSR count). The first-order valence-electron chi connectivity index (χ1n) is 18.8. The first-order chi connectivity index (χ1) is 26.6. The van der Waals surface area contributed by atoms with Crippen molar-refractivity contribution in [3.8, 4) is 5.75 Å². The van der Waals surface area contributed by atoms with Gasteiger partial charge in [0.25, 0.3) is 5.91 Å². The average Bonchev–Trinajstić information content (AvgIpc) is 3.97. The van der Waals surface area contributed by atoms with Crippen molar-refractivity contribution < 1.29 is 24.2 Å². The van der Waals surface area contributed by atoms with Gasteiger partial charge in [-0.2, -0.15) is 0 Å². The lowest BCUT2D eigenvalue weighted by Crippen LogP contribution is -2.51. The summed E-state index contributed by atoms with van der Waals surface area (Å²) < 4.78 is 14.5. The SMILES string of the molecule is COc1ccc([Si](C)(C)[C@@H]2[C@@H](CCn3cc(C(CO)c4ccccc4)nn3)O[C@]3(C(=O)Nc4ccc(NC(=O)Cc5c[nH]c6ccccc56)cc43)[C@H]2C)cc1. The Labute approximate surface area is 321 Å².